The fourth-order valence-electron chi connectivity index (χ4n) is 1.98. The van der Waals surface area contributed by atoms with E-state index in [9.17, 15) is 0 Å². The molecule has 0 bridgehead atoms. The van der Waals surface area contributed by atoms with Gasteiger partial charge in [-0.3, -0.25) is 0 Å². The molecule has 0 aromatic carbocycles. The Balaban J connectivity index is 1.59. The van der Waals surface area contributed by atoms with Crippen LogP contribution in [0, 0.1) is 0 Å². The number of nitrogens with zero attached hydrogens (tertiary/aromatic N) is 2. The Morgan fingerprint density at radius 2 is 2.50 bits per heavy atom. The third-order valence-electron chi connectivity index (χ3n) is 2.84. The van der Waals surface area contributed by atoms with Crippen molar-refractivity contribution in [3.63, 3.8) is 0 Å². The Hall–Kier alpha value is -0.850. The summed E-state index contributed by atoms with van der Waals surface area (Å²) in [6, 6.07) is 4.61. The average Bonchev–Trinajstić information content (AvgIpc) is 3.03. The van der Waals surface area contributed by atoms with Crippen LogP contribution in [0.15, 0.2) is 22.0 Å². The third-order valence-corrected chi connectivity index (χ3v) is 4.85. The van der Waals surface area contributed by atoms with E-state index >= 15 is 0 Å². The second-order valence-corrected chi connectivity index (χ2v) is 6.47. The molecule has 2 aromatic heterocycles. The van der Waals surface area contributed by atoms with Gasteiger partial charge in [0.15, 0.2) is 5.82 Å². The van der Waals surface area contributed by atoms with Gasteiger partial charge in [-0.2, -0.15) is 16.7 Å². The second kappa shape index (κ2) is 5.86. The lowest BCUT2D eigenvalue weighted by molar-refractivity contribution is 0.359. The van der Waals surface area contributed by atoms with E-state index in [1.165, 1.54) is 10.6 Å². The summed E-state index contributed by atoms with van der Waals surface area (Å²) in [7, 11) is 0. The number of hydrogen-bond donors (Lipinski definition) is 1. The summed E-state index contributed by atoms with van der Waals surface area (Å²) < 4.78 is 5.31. The number of rotatable bonds is 4. The van der Waals surface area contributed by atoms with E-state index in [4.69, 9.17) is 4.52 Å². The fourth-order valence-corrected chi connectivity index (χ4v) is 3.63. The second-order valence-electron chi connectivity index (χ2n) is 4.29. The Labute approximate surface area is 114 Å². The van der Waals surface area contributed by atoms with E-state index in [1.807, 2.05) is 17.8 Å². The van der Waals surface area contributed by atoms with E-state index in [-0.39, 0.29) is 0 Å². The van der Waals surface area contributed by atoms with Crippen molar-refractivity contribution in [3.8, 4) is 0 Å². The molecule has 1 fully saturated rings. The zero-order valence-corrected chi connectivity index (χ0v) is 11.6. The molecule has 1 aliphatic heterocycles. The largest absolute Gasteiger partial charge is 0.339 e. The molecule has 96 valence electrons. The van der Waals surface area contributed by atoms with Crippen LogP contribution in [-0.4, -0.2) is 34.2 Å². The van der Waals surface area contributed by atoms with Crippen LogP contribution in [0.5, 0.6) is 0 Å². The van der Waals surface area contributed by atoms with Gasteiger partial charge in [0.25, 0.3) is 0 Å². The molecular formula is C12H15N3OS2. The monoisotopic (exact) mass is 281 g/mol. The van der Waals surface area contributed by atoms with Gasteiger partial charge in [0.1, 0.15) is 0 Å². The number of aromatic nitrogens is 2. The first-order chi connectivity index (χ1) is 8.90. The minimum absolute atomic E-state index is 0.471. The van der Waals surface area contributed by atoms with E-state index < -0.39 is 0 Å². The number of hydrogen-bond acceptors (Lipinski definition) is 6. The minimum Gasteiger partial charge on any atom is -0.339 e. The minimum atomic E-state index is 0.471. The molecule has 18 heavy (non-hydrogen) atoms. The molecular weight excluding hydrogens is 266 g/mol. The molecule has 1 unspecified atom stereocenters. The summed E-state index contributed by atoms with van der Waals surface area (Å²) in [5.74, 6) is 3.87. The van der Waals surface area contributed by atoms with Crippen molar-refractivity contribution >= 4 is 23.1 Å². The summed E-state index contributed by atoms with van der Waals surface area (Å²) in [6.45, 7) is 1.07. The van der Waals surface area contributed by atoms with Gasteiger partial charge >= 0.3 is 0 Å². The molecule has 0 amide bonds. The van der Waals surface area contributed by atoms with Gasteiger partial charge in [-0.15, -0.1) is 11.3 Å². The van der Waals surface area contributed by atoms with E-state index in [0.717, 1.165) is 36.9 Å². The van der Waals surface area contributed by atoms with Crippen LogP contribution in [-0.2, 0) is 12.8 Å². The van der Waals surface area contributed by atoms with E-state index in [1.54, 1.807) is 11.3 Å². The van der Waals surface area contributed by atoms with Crippen molar-refractivity contribution in [2.24, 2.45) is 0 Å². The molecule has 0 saturated carbocycles. The first-order valence-electron chi connectivity index (χ1n) is 6.05. The number of thiophene rings is 1. The van der Waals surface area contributed by atoms with Crippen molar-refractivity contribution in [1.29, 1.82) is 0 Å². The van der Waals surface area contributed by atoms with Crippen LogP contribution in [0.1, 0.15) is 16.6 Å². The lowest BCUT2D eigenvalue weighted by Crippen LogP contribution is -2.38. The van der Waals surface area contributed by atoms with Gasteiger partial charge in [0, 0.05) is 41.8 Å². The Kier molecular flexibility index (Phi) is 3.97. The first-order valence-corrected chi connectivity index (χ1v) is 8.08. The van der Waals surface area contributed by atoms with Crippen LogP contribution in [0.4, 0.5) is 0 Å². The Morgan fingerprint density at radius 3 is 3.28 bits per heavy atom. The van der Waals surface area contributed by atoms with Gasteiger partial charge in [0.05, 0.1) is 0 Å². The van der Waals surface area contributed by atoms with Gasteiger partial charge in [-0.1, -0.05) is 11.2 Å². The highest BCUT2D eigenvalue weighted by atomic mass is 32.2. The van der Waals surface area contributed by atoms with Crippen molar-refractivity contribution < 1.29 is 4.52 Å². The van der Waals surface area contributed by atoms with Crippen molar-refractivity contribution in [3.05, 3.63) is 34.1 Å². The normalized spacial score (nSPS) is 20.1. The summed E-state index contributed by atoms with van der Waals surface area (Å²) in [6.07, 6.45) is 1.61. The molecule has 0 aliphatic carbocycles. The van der Waals surface area contributed by atoms with E-state index in [2.05, 4.69) is 26.9 Å². The predicted molar refractivity (Wildman–Crippen MR) is 74.2 cm³/mol. The molecule has 4 nitrogen and oxygen atoms in total. The zero-order valence-electron chi connectivity index (χ0n) is 9.96. The number of thioether (sulfide) groups is 1. The molecule has 1 N–H and O–H groups in total. The van der Waals surface area contributed by atoms with Gasteiger partial charge in [0.2, 0.25) is 5.89 Å². The molecule has 0 radical (unpaired) electrons. The first kappa shape index (κ1) is 12.2. The van der Waals surface area contributed by atoms with Gasteiger partial charge in [-0.05, 0) is 11.4 Å². The van der Waals surface area contributed by atoms with Crippen molar-refractivity contribution in [2.45, 2.75) is 18.9 Å². The van der Waals surface area contributed by atoms with Gasteiger partial charge < -0.3 is 9.84 Å². The van der Waals surface area contributed by atoms with E-state index in [0.29, 0.717) is 6.04 Å². The summed E-state index contributed by atoms with van der Waals surface area (Å²) in [5, 5.41) is 9.59. The number of nitrogens with one attached hydrogen (secondary N) is 1. The van der Waals surface area contributed by atoms with Crippen LogP contribution in [0.2, 0.25) is 0 Å². The highest BCUT2D eigenvalue weighted by molar-refractivity contribution is 7.99. The predicted octanol–water partition coefficient (Wildman–Crippen LogP) is 1.97. The summed E-state index contributed by atoms with van der Waals surface area (Å²) in [4.78, 5) is 5.73. The average molecular weight is 281 g/mol. The quantitative estimate of drug-likeness (QED) is 0.928. The standard InChI is InChI=1S/C12H15N3OS2/c1-2-10(18-4-1)7-11-14-12(16-15-11)6-9-8-17-5-3-13-9/h1-2,4,9,13H,3,5-8H2. The maximum Gasteiger partial charge on any atom is 0.228 e. The maximum atomic E-state index is 5.31. The van der Waals surface area contributed by atoms with Gasteiger partial charge in [-0.25, -0.2) is 0 Å². The summed E-state index contributed by atoms with van der Waals surface area (Å²) in [5.41, 5.74) is 0. The lowest BCUT2D eigenvalue weighted by Gasteiger charge is -2.21. The highest BCUT2D eigenvalue weighted by Gasteiger charge is 2.17. The lowest BCUT2D eigenvalue weighted by atomic mass is 10.2. The Bertz CT molecular complexity index is 477. The van der Waals surface area contributed by atoms with Crippen LogP contribution < -0.4 is 5.32 Å². The Morgan fingerprint density at radius 1 is 1.50 bits per heavy atom. The summed E-state index contributed by atoms with van der Waals surface area (Å²) >= 11 is 3.71. The molecule has 3 heterocycles. The topological polar surface area (TPSA) is 51.0 Å². The maximum absolute atomic E-state index is 5.31. The molecule has 1 atom stereocenters. The zero-order chi connectivity index (χ0) is 12.2. The molecule has 1 saturated heterocycles. The SMILES string of the molecule is c1csc(Cc2noc(CC3CSCCN3)n2)c1. The van der Waals surface area contributed by atoms with Crippen molar-refractivity contribution in [1.82, 2.24) is 15.5 Å². The molecule has 6 heteroatoms. The molecule has 1 aliphatic rings. The fraction of sp³-hybridized carbons (Fsp3) is 0.500. The van der Waals surface area contributed by atoms with Crippen LogP contribution in [0.3, 0.4) is 0 Å². The third kappa shape index (κ3) is 3.13. The molecule has 2 aromatic rings. The van der Waals surface area contributed by atoms with Crippen molar-refractivity contribution in [2.75, 3.05) is 18.1 Å². The smallest absolute Gasteiger partial charge is 0.228 e. The molecule has 0 spiro atoms. The van der Waals surface area contributed by atoms with Crippen LogP contribution >= 0.6 is 23.1 Å². The molecule has 3 rings (SSSR count). The van der Waals surface area contributed by atoms with Crippen LogP contribution in [0.25, 0.3) is 0 Å². The highest BCUT2D eigenvalue weighted by Crippen LogP contribution is 2.15.